The summed E-state index contributed by atoms with van der Waals surface area (Å²) in [4.78, 5) is 8.27. The van der Waals surface area contributed by atoms with Crippen LogP contribution in [0.25, 0.3) is 0 Å². The van der Waals surface area contributed by atoms with Gasteiger partial charge in [0, 0.05) is 18.2 Å². The van der Waals surface area contributed by atoms with Crippen LogP contribution in [0.4, 0.5) is 11.6 Å². The van der Waals surface area contributed by atoms with E-state index in [0.717, 1.165) is 17.8 Å². The second-order valence-electron chi connectivity index (χ2n) is 5.51. The molecule has 0 saturated carbocycles. The maximum Gasteiger partial charge on any atom is 0.134 e. The first-order valence-electron chi connectivity index (χ1n) is 6.36. The van der Waals surface area contributed by atoms with Crippen LogP contribution >= 0.6 is 0 Å². The Kier molecular flexibility index (Phi) is 4.90. The standard InChI is InChI=1S/C13H24N4O/c1-5-9-11(14)15-8-16-12(9)17-10(6-7-18)13(2,3)4/h8,10,18H,5-7H2,1-4H3,(H3,14,15,16,17). The third-order valence-electron chi connectivity index (χ3n) is 3.11. The van der Waals surface area contributed by atoms with Crippen molar-refractivity contribution in [2.75, 3.05) is 17.7 Å². The lowest BCUT2D eigenvalue weighted by atomic mass is 9.85. The van der Waals surface area contributed by atoms with Crippen molar-refractivity contribution >= 4 is 11.6 Å². The van der Waals surface area contributed by atoms with E-state index in [-0.39, 0.29) is 18.1 Å². The number of nitrogens with two attached hydrogens (primary N) is 1. The predicted octanol–water partition coefficient (Wildman–Crippen LogP) is 1.83. The summed E-state index contributed by atoms with van der Waals surface area (Å²) in [7, 11) is 0. The van der Waals surface area contributed by atoms with E-state index < -0.39 is 0 Å². The predicted molar refractivity (Wildman–Crippen MR) is 74.4 cm³/mol. The highest BCUT2D eigenvalue weighted by Gasteiger charge is 2.25. The molecule has 0 bridgehead atoms. The first-order valence-corrected chi connectivity index (χ1v) is 6.36. The van der Waals surface area contributed by atoms with Gasteiger partial charge in [0.15, 0.2) is 0 Å². The molecule has 0 amide bonds. The summed E-state index contributed by atoms with van der Waals surface area (Å²) in [6.07, 6.45) is 2.93. The molecule has 18 heavy (non-hydrogen) atoms. The van der Waals surface area contributed by atoms with Crippen molar-refractivity contribution in [1.29, 1.82) is 0 Å². The van der Waals surface area contributed by atoms with E-state index in [1.165, 1.54) is 6.33 Å². The van der Waals surface area contributed by atoms with Crippen LogP contribution in [0.1, 0.15) is 39.7 Å². The molecule has 1 heterocycles. The molecule has 0 aliphatic carbocycles. The lowest BCUT2D eigenvalue weighted by Gasteiger charge is -2.32. The Morgan fingerprint density at radius 1 is 1.39 bits per heavy atom. The summed E-state index contributed by atoms with van der Waals surface area (Å²) < 4.78 is 0. The highest BCUT2D eigenvalue weighted by Crippen LogP contribution is 2.27. The minimum Gasteiger partial charge on any atom is -0.396 e. The maximum atomic E-state index is 9.16. The minimum absolute atomic E-state index is 0.0352. The fraction of sp³-hybridized carbons (Fsp3) is 0.692. The van der Waals surface area contributed by atoms with Crippen LogP contribution in [-0.4, -0.2) is 27.7 Å². The molecule has 0 aliphatic rings. The van der Waals surface area contributed by atoms with Crippen molar-refractivity contribution in [2.45, 2.75) is 46.6 Å². The molecule has 0 radical (unpaired) electrons. The van der Waals surface area contributed by atoms with Crippen molar-refractivity contribution in [3.63, 3.8) is 0 Å². The van der Waals surface area contributed by atoms with Crippen LogP contribution in [0.15, 0.2) is 6.33 Å². The molecule has 0 fully saturated rings. The smallest absolute Gasteiger partial charge is 0.134 e. The van der Waals surface area contributed by atoms with Gasteiger partial charge in [-0.15, -0.1) is 0 Å². The molecule has 1 rings (SSSR count). The van der Waals surface area contributed by atoms with Crippen molar-refractivity contribution in [1.82, 2.24) is 9.97 Å². The molecule has 0 aromatic carbocycles. The molecule has 1 aromatic rings. The number of aromatic nitrogens is 2. The highest BCUT2D eigenvalue weighted by molar-refractivity contribution is 5.55. The fourth-order valence-electron chi connectivity index (χ4n) is 1.91. The molecule has 5 heteroatoms. The molecule has 102 valence electrons. The normalized spacial score (nSPS) is 13.4. The lowest BCUT2D eigenvalue weighted by molar-refractivity contribution is 0.235. The highest BCUT2D eigenvalue weighted by atomic mass is 16.3. The van der Waals surface area contributed by atoms with Gasteiger partial charge in [0.2, 0.25) is 0 Å². The van der Waals surface area contributed by atoms with Gasteiger partial charge in [-0.05, 0) is 18.3 Å². The third kappa shape index (κ3) is 3.57. The number of nitrogens with zero attached hydrogens (tertiary/aromatic N) is 2. The molecular weight excluding hydrogens is 228 g/mol. The van der Waals surface area contributed by atoms with E-state index in [1.807, 2.05) is 6.92 Å². The quantitative estimate of drug-likeness (QED) is 0.744. The van der Waals surface area contributed by atoms with Crippen LogP contribution in [0.2, 0.25) is 0 Å². The Hall–Kier alpha value is -1.36. The number of nitrogens with one attached hydrogen (secondary N) is 1. The van der Waals surface area contributed by atoms with Gasteiger partial charge in [-0.1, -0.05) is 27.7 Å². The third-order valence-corrected chi connectivity index (χ3v) is 3.11. The molecule has 1 unspecified atom stereocenters. The van der Waals surface area contributed by atoms with Gasteiger partial charge in [-0.25, -0.2) is 9.97 Å². The number of anilines is 2. The van der Waals surface area contributed by atoms with Crippen molar-refractivity contribution in [2.24, 2.45) is 5.41 Å². The number of aliphatic hydroxyl groups excluding tert-OH is 1. The van der Waals surface area contributed by atoms with Crippen LogP contribution < -0.4 is 11.1 Å². The van der Waals surface area contributed by atoms with Gasteiger partial charge >= 0.3 is 0 Å². The first kappa shape index (κ1) is 14.7. The lowest BCUT2D eigenvalue weighted by Crippen LogP contribution is -2.35. The molecule has 0 saturated heterocycles. The van der Waals surface area contributed by atoms with E-state index in [9.17, 15) is 0 Å². The molecule has 0 spiro atoms. The Morgan fingerprint density at radius 2 is 2.06 bits per heavy atom. The first-order chi connectivity index (χ1) is 8.40. The molecule has 4 N–H and O–H groups in total. The number of nitrogen functional groups attached to an aromatic ring is 1. The van der Waals surface area contributed by atoms with Crippen molar-refractivity contribution in [3.8, 4) is 0 Å². The zero-order chi connectivity index (χ0) is 13.8. The maximum absolute atomic E-state index is 9.16. The van der Waals surface area contributed by atoms with Crippen LogP contribution in [0, 0.1) is 5.41 Å². The zero-order valence-electron chi connectivity index (χ0n) is 11.7. The van der Waals surface area contributed by atoms with Gasteiger partial charge in [0.1, 0.15) is 18.0 Å². The van der Waals surface area contributed by atoms with Crippen LogP contribution in [0.3, 0.4) is 0 Å². The number of hydrogen-bond acceptors (Lipinski definition) is 5. The number of aliphatic hydroxyl groups is 1. The van der Waals surface area contributed by atoms with E-state index in [2.05, 4.69) is 36.1 Å². The summed E-state index contributed by atoms with van der Waals surface area (Å²) in [6, 6.07) is 0.141. The van der Waals surface area contributed by atoms with Crippen LogP contribution in [0.5, 0.6) is 0 Å². The SMILES string of the molecule is CCc1c(N)ncnc1NC(CCO)C(C)(C)C. The monoisotopic (exact) mass is 252 g/mol. The Labute approximate surface area is 109 Å². The number of rotatable bonds is 5. The van der Waals surface area contributed by atoms with Gasteiger partial charge in [-0.2, -0.15) is 0 Å². The van der Waals surface area contributed by atoms with E-state index in [0.29, 0.717) is 12.2 Å². The Bertz CT molecular complexity index is 387. The minimum atomic E-state index is 0.0352. The number of hydrogen-bond donors (Lipinski definition) is 3. The molecular formula is C13H24N4O. The van der Waals surface area contributed by atoms with Crippen molar-refractivity contribution < 1.29 is 5.11 Å². The van der Waals surface area contributed by atoms with Crippen LogP contribution in [-0.2, 0) is 6.42 Å². The molecule has 1 aromatic heterocycles. The molecule has 5 nitrogen and oxygen atoms in total. The zero-order valence-corrected chi connectivity index (χ0v) is 11.7. The molecule has 1 atom stereocenters. The molecule has 0 aliphatic heterocycles. The Morgan fingerprint density at radius 3 is 2.56 bits per heavy atom. The van der Waals surface area contributed by atoms with Gasteiger partial charge in [0.25, 0.3) is 0 Å². The fourth-order valence-corrected chi connectivity index (χ4v) is 1.91. The second-order valence-corrected chi connectivity index (χ2v) is 5.51. The summed E-state index contributed by atoms with van der Waals surface area (Å²) >= 11 is 0. The topological polar surface area (TPSA) is 84.1 Å². The van der Waals surface area contributed by atoms with Crippen molar-refractivity contribution in [3.05, 3.63) is 11.9 Å². The largest absolute Gasteiger partial charge is 0.396 e. The van der Waals surface area contributed by atoms with E-state index in [1.54, 1.807) is 0 Å². The van der Waals surface area contributed by atoms with Gasteiger partial charge < -0.3 is 16.2 Å². The van der Waals surface area contributed by atoms with E-state index >= 15 is 0 Å². The van der Waals surface area contributed by atoms with Gasteiger partial charge in [-0.3, -0.25) is 0 Å². The summed E-state index contributed by atoms with van der Waals surface area (Å²) in [5.74, 6) is 1.30. The summed E-state index contributed by atoms with van der Waals surface area (Å²) in [5.41, 5.74) is 6.82. The van der Waals surface area contributed by atoms with E-state index in [4.69, 9.17) is 10.8 Å². The summed E-state index contributed by atoms with van der Waals surface area (Å²) in [5, 5.41) is 12.6. The second kappa shape index (κ2) is 6.00. The summed E-state index contributed by atoms with van der Waals surface area (Å²) in [6.45, 7) is 8.58. The average Bonchev–Trinajstić information content (AvgIpc) is 2.27. The Balaban J connectivity index is 2.97. The average molecular weight is 252 g/mol. The van der Waals surface area contributed by atoms with Gasteiger partial charge in [0.05, 0.1) is 0 Å².